The van der Waals surface area contributed by atoms with Gasteiger partial charge < -0.3 is 18.9 Å². The molecule has 1 N–H and O–H groups in total. The van der Waals surface area contributed by atoms with E-state index in [4.69, 9.17) is 42.1 Å². The topological polar surface area (TPSA) is 78.4 Å². The molecule has 184 valence electrons. The van der Waals surface area contributed by atoms with E-state index in [1.165, 1.54) is 13.3 Å². The Morgan fingerprint density at radius 3 is 2.31 bits per heavy atom. The average molecular weight is 647 g/mol. The zero-order valence-electron chi connectivity index (χ0n) is 18.6. The van der Waals surface area contributed by atoms with E-state index in [-0.39, 0.29) is 13.2 Å². The number of methoxy groups -OCH3 is 2. The standard InChI is InChI=1S/C24H20Br2Cl2N2O5/c1-32-16-4-6-17(7-5-16)34-13-21(31)30-29-11-15-10-20(33-2)24(23(26)22(15)25)35-12-14-3-8-18(27)19(28)9-14/h3-11H,12-13H2,1-2H3,(H,30,31)/b29-11+. The summed E-state index contributed by atoms with van der Waals surface area (Å²) in [5, 5.41) is 4.92. The smallest absolute Gasteiger partial charge is 0.277 e. The number of hydrogen-bond donors (Lipinski definition) is 1. The lowest BCUT2D eigenvalue weighted by Crippen LogP contribution is -2.24. The van der Waals surface area contributed by atoms with Gasteiger partial charge in [-0.15, -0.1) is 0 Å². The average Bonchev–Trinajstić information content (AvgIpc) is 2.86. The molecule has 1 amide bonds. The molecule has 0 radical (unpaired) electrons. The first kappa shape index (κ1) is 27.1. The zero-order chi connectivity index (χ0) is 25.4. The van der Waals surface area contributed by atoms with E-state index in [1.54, 1.807) is 49.6 Å². The van der Waals surface area contributed by atoms with E-state index in [2.05, 4.69) is 42.4 Å². The van der Waals surface area contributed by atoms with Crippen molar-refractivity contribution in [2.75, 3.05) is 20.8 Å². The maximum atomic E-state index is 12.1. The second kappa shape index (κ2) is 13.0. The second-order valence-electron chi connectivity index (χ2n) is 6.92. The number of nitrogens with zero attached hydrogens (tertiary/aromatic N) is 1. The minimum Gasteiger partial charge on any atom is -0.497 e. The lowest BCUT2D eigenvalue weighted by molar-refractivity contribution is -0.123. The molecule has 0 spiro atoms. The number of nitrogens with one attached hydrogen (secondary N) is 1. The maximum absolute atomic E-state index is 12.1. The summed E-state index contributed by atoms with van der Waals surface area (Å²) in [5.74, 6) is 1.78. The third kappa shape index (κ3) is 7.51. The van der Waals surface area contributed by atoms with Crippen molar-refractivity contribution in [1.29, 1.82) is 0 Å². The van der Waals surface area contributed by atoms with Gasteiger partial charge in [0, 0.05) is 10.0 Å². The van der Waals surface area contributed by atoms with Crippen LogP contribution in [0.4, 0.5) is 0 Å². The predicted molar refractivity (Wildman–Crippen MR) is 143 cm³/mol. The Balaban J connectivity index is 1.62. The van der Waals surface area contributed by atoms with Gasteiger partial charge in [0.2, 0.25) is 0 Å². The lowest BCUT2D eigenvalue weighted by atomic mass is 10.2. The Kier molecular flexibility index (Phi) is 10.1. The first-order chi connectivity index (χ1) is 16.8. The number of carbonyl (C=O) groups is 1. The fourth-order valence-electron chi connectivity index (χ4n) is 2.80. The summed E-state index contributed by atoms with van der Waals surface area (Å²) in [6.07, 6.45) is 1.48. The fourth-order valence-corrected chi connectivity index (χ4v) is 4.05. The van der Waals surface area contributed by atoms with Crippen molar-refractivity contribution in [2.45, 2.75) is 6.61 Å². The van der Waals surface area contributed by atoms with Gasteiger partial charge in [-0.3, -0.25) is 4.79 Å². The van der Waals surface area contributed by atoms with Gasteiger partial charge in [-0.2, -0.15) is 5.10 Å². The van der Waals surface area contributed by atoms with Gasteiger partial charge in [0.1, 0.15) is 18.1 Å². The second-order valence-corrected chi connectivity index (χ2v) is 9.32. The zero-order valence-corrected chi connectivity index (χ0v) is 23.3. The summed E-state index contributed by atoms with van der Waals surface area (Å²) < 4.78 is 23.2. The third-order valence-corrected chi connectivity index (χ3v) is 7.45. The van der Waals surface area contributed by atoms with E-state index in [9.17, 15) is 4.79 Å². The highest BCUT2D eigenvalue weighted by molar-refractivity contribution is 9.13. The van der Waals surface area contributed by atoms with E-state index in [0.717, 1.165) is 5.56 Å². The molecule has 0 unspecified atom stereocenters. The van der Waals surface area contributed by atoms with Crippen LogP contribution in [0.5, 0.6) is 23.0 Å². The third-order valence-electron chi connectivity index (χ3n) is 4.57. The molecule has 35 heavy (non-hydrogen) atoms. The SMILES string of the molecule is COc1ccc(OCC(=O)N/N=C/c2cc(OC)c(OCc3ccc(Cl)c(Cl)c3)c(Br)c2Br)cc1. The number of amides is 1. The molecule has 0 aromatic heterocycles. The molecule has 0 aliphatic carbocycles. The lowest BCUT2D eigenvalue weighted by Gasteiger charge is -2.15. The van der Waals surface area contributed by atoms with Crippen molar-refractivity contribution in [3.63, 3.8) is 0 Å². The van der Waals surface area contributed by atoms with Crippen molar-refractivity contribution < 1.29 is 23.7 Å². The Morgan fingerprint density at radius 2 is 1.66 bits per heavy atom. The van der Waals surface area contributed by atoms with Crippen molar-refractivity contribution >= 4 is 67.2 Å². The first-order valence-corrected chi connectivity index (χ1v) is 12.4. The quantitative estimate of drug-likeness (QED) is 0.197. The minimum atomic E-state index is -0.416. The molecule has 3 rings (SSSR count). The van der Waals surface area contributed by atoms with Crippen molar-refractivity contribution in [2.24, 2.45) is 5.10 Å². The van der Waals surface area contributed by atoms with Gasteiger partial charge in [0.05, 0.1) is 35.0 Å². The number of benzene rings is 3. The van der Waals surface area contributed by atoms with Crippen LogP contribution in [0.15, 0.2) is 62.6 Å². The van der Waals surface area contributed by atoms with Crippen molar-refractivity contribution in [1.82, 2.24) is 5.43 Å². The molecular formula is C24H20Br2Cl2N2O5. The van der Waals surface area contributed by atoms with Crippen LogP contribution in [0.25, 0.3) is 0 Å². The summed E-state index contributed by atoms with van der Waals surface area (Å²) in [6, 6.07) is 13.9. The monoisotopic (exact) mass is 644 g/mol. The largest absolute Gasteiger partial charge is 0.497 e. The van der Waals surface area contributed by atoms with E-state index < -0.39 is 5.91 Å². The summed E-state index contributed by atoms with van der Waals surface area (Å²) in [5.41, 5.74) is 3.92. The molecule has 0 aliphatic heterocycles. The number of carbonyl (C=O) groups excluding carboxylic acids is 1. The Bertz CT molecular complexity index is 1220. The van der Waals surface area contributed by atoms with Crippen molar-refractivity contribution in [3.8, 4) is 23.0 Å². The molecule has 0 saturated carbocycles. The van der Waals surface area contributed by atoms with Gasteiger partial charge in [0.15, 0.2) is 18.1 Å². The van der Waals surface area contributed by atoms with Crippen LogP contribution >= 0.6 is 55.1 Å². The summed E-state index contributed by atoms with van der Waals surface area (Å²) in [4.78, 5) is 12.1. The highest BCUT2D eigenvalue weighted by Crippen LogP contribution is 2.42. The van der Waals surface area contributed by atoms with Crippen LogP contribution in [0.3, 0.4) is 0 Å². The van der Waals surface area contributed by atoms with Gasteiger partial charge in [0.25, 0.3) is 5.91 Å². The summed E-state index contributed by atoms with van der Waals surface area (Å²) in [6.45, 7) is 0.0509. The number of halogens is 4. The molecule has 3 aromatic carbocycles. The van der Waals surface area contributed by atoms with Crippen LogP contribution < -0.4 is 24.4 Å². The van der Waals surface area contributed by atoms with Crippen LogP contribution in [-0.2, 0) is 11.4 Å². The molecule has 0 fully saturated rings. The Labute approximate surface area is 229 Å². The highest BCUT2D eigenvalue weighted by Gasteiger charge is 2.17. The van der Waals surface area contributed by atoms with E-state index in [1.807, 2.05) is 6.07 Å². The number of rotatable bonds is 10. The van der Waals surface area contributed by atoms with Gasteiger partial charge in [-0.1, -0.05) is 29.3 Å². The van der Waals surface area contributed by atoms with E-state index in [0.29, 0.717) is 47.6 Å². The summed E-state index contributed by atoms with van der Waals surface area (Å²) >= 11 is 19.1. The molecule has 0 saturated heterocycles. The van der Waals surface area contributed by atoms with Crippen LogP contribution in [-0.4, -0.2) is 32.9 Å². The number of ether oxygens (including phenoxy) is 4. The van der Waals surface area contributed by atoms with Crippen LogP contribution in [0, 0.1) is 0 Å². The highest BCUT2D eigenvalue weighted by atomic mass is 79.9. The maximum Gasteiger partial charge on any atom is 0.277 e. The molecule has 0 bridgehead atoms. The normalized spacial score (nSPS) is 10.8. The fraction of sp³-hybridized carbons (Fsp3) is 0.167. The van der Waals surface area contributed by atoms with Crippen molar-refractivity contribution in [3.05, 3.63) is 78.6 Å². The van der Waals surface area contributed by atoms with Crippen LogP contribution in [0.1, 0.15) is 11.1 Å². The first-order valence-electron chi connectivity index (χ1n) is 10.0. The minimum absolute atomic E-state index is 0.195. The molecule has 11 heteroatoms. The van der Waals surface area contributed by atoms with Gasteiger partial charge >= 0.3 is 0 Å². The predicted octanol–water partition coefficient (Wildman–Crippen LogP) is 6.64. The Hall–Kier alpha value is -2.46. The van der Waals surface area contributed by atoms with Gasteiger partial charge in [-0.05, 0) is 79.9 Å². The Morgan fingerprint density at radius 1 is 0.943 bits per heavy atom. The summed E-state index contributed by atoms with van der Waals surface area (Å²) in [7, 11) is 3.10. The molecule has 3 aromatic rings. The molecule has 0 heterocycles. The molecule has 7 nitrogen and oxygen atoms in total. The number of hydrogen-bond acceptors (Lipinski definition) is 6. The van der Waals surface area contributed by atoms with Gasteiger partial charge in [-0.25, -0.2) is 5.43 Å². The molecule has 0 atom stereocenters. The molecular weight excluding hydrogens is 627 g/mol. The van der Waals surface area contributed by atoms with E-state index >= 15 is 0 Å². The number of hydrazone groups is 1. The molecule has 0 aliphatic rings. The van der Waals surface area contributed by atoms with Crippen LogP contribution in [0.2, 0.25) is 10.0 Å².